The van der Waals surface area contributed by atoms with E-state index in [0.717, 1.165) is 19.4 Å². The molecule has 7 heteroatoms. The molecule has 28 heavy (non-hydrogen) atoms. The standard InChI is InChI=1S/C21H22N2O5/c1-3-4-10-22(2)13-17-18(24)9-8-16-20(25)19(28-21(16)17)12-14-6-5-7-15(11-14)23(26)27/h5-9,11-12,24H,3-4,10,13H2,1-2H3/b19-12-. The Morgan fingerprint density at radius 3 is 2.79 bits per heavy atom. The quantitative estimate of drug-likeness (QED) is 0.439. The largest absolute Gasteiger partial charge is 0.507 e. The predicted octanol–water partition coefficient (Wildman–Crippen LogP) is 4.15. The Bertz CT molecular complexity index is 952. The molecule has 1 aliphatic heterocycles. The third-order valence-corrected chi connectivity index (χ3v) is 4.62. The van der Waals surface area contributed by atoms with E-state index in [9.17, 15) is 20.0 Å². The van der Waals surface area contributed by atoms with E-state index < -0.39 is 4.92 Å². The van der Waals surface area contributed by atoms with Crippen molar-refractivity contribution < 1.29 is 19.6 Å². The van der Waals surface area contributed by atoms with Gasteiger partial charge in [-0.2, -0.15) is 0 Å². The van der Waals surface area contributed by atoms with Crippen LogP contribution in [-0.2, 0) is 6.54 Å². The molecule has 0 aromatic heterocycles. The highest BCUT2D eigenvalue weighted by Crippen LogP contribution is 2.40. The molecule has 1 aliphatic rings. The van der Waals surface area contributed by atoms with Crippen LogP contribution < -0.4 is 4.74 Å². The van der Waals surface area contributed by atoms with Crippen LogP contribution in [0.1, 0.15) is 41.3 Å². The van der Waals surface area contributed by atoms with E-state index in [1.807, 2.05) is 7.05 Å². The number of nitro benzene ring substituents is 1. The normalized spacial score (nSPS) is 14.4. The molecule has 2 aromatic carbocycles. The summed E-state index contributed by atoms with van der Waals surface area (Å²) < 4.78 is 5.80. The second kappa shape index (κ2) is 8.22. The molecular weight excluding hydrogens is 360 g/mol. The van der Waals surface area contributed by atoms with Gasteiger partial charge in [-0.05, 0) is 43.8 Å². The van der Waals surface area contributed by atoms with E-state index in [-0.39, 0.29) is 23.0 Å². The van der Waals surface area contributed by atoms with E-state index in [1.165, 1.54) is 30.3 Å². The van der Waals surface area contributed by atoms with Crippen molar-refractivity contribution in [1.82, 2.24) is 4.90 Å². The minimum absolute atomic E-state index is 0.0619. The topological polar surface area (TPSA) is 92.9 Å². The maximum absolute atomic E-state index is 12.7. The van der Waals surface area contributed by atoms with Gasteiger partial charge in [0.25, 0.3) is 5.69 Å². The number of fused-ring (bicyclic) bond motifs is 1. The first-order chi connectivity index (χ1) is 13.4. The van der Waals surface area contributed by atoms with E-state index >= 15 is 0 Å². The second-order valence-corrected chi connectivity index (χ2v) is 6.82. The highest BCUT2D eigenvalue weighted by atomic mass is 16.6. The molecule has 0 saturated heterocycles. The maximum Gasteiger partial charge on any atom is 0.270 e. The van der Waals surface area contributed by atoms with Crippen molar-refractivity contribution in [2.75, 3.05) is 13.6 Å². The lowest BCUT2D eigenvalue weighted by Crippen LogP contribution is -2.19. The zero-order valence-corrected chi connectivity index (χ0v) is 15.8. The number of phenolic OH excluding ortho intramolecular Hbond substituents is 1. The average molecular weight is 382 g/mol. The monoisotopic (exact) mass is 382 g/mol. The van der Waals surface area contributed by atoms with Crippen LogP contribution in [-0.4, -0.2) is 34.3 Å². The minimum atomic E-state index is -0.490. The highest BCUT2D eigenvalue weighted by Gasteiger charge is 2.31. The zero-order chi connectivity index (χ0) is 20.3. The zero-order valence-electron chi connectivity index (χ0n) is 15.8. The number of allylic oxidation sites excluding steroid dienone is 1. The summed E-state index contributed by atoms with van der Waals surface area (Å²) >= 11 is 0. The molecule has 0 amide bonds. The van der Waals surface area contributed by atoms with Crippen LogP contribution in [0.4, 0.5) is 5.69 Å². The van der Waals surface area contributed by atoms with Gasteiger partial charge in [0.05, 0.1) is 16.1 Å². The summed E-state index contributed by atoms with van der Waals surface area (Å²) in [6.45, 7) is 3.43. The Labute approximate surface area is 163 Å². The van der Waals surface area contributed by atoms with Crippen molar-refractivity contribution >= 4 is 17.5 Å². The van der Waals surface area contributed by atoms with Crippen LogP contribution in [0.2, 0.25) is 0 Å². The van der Waals surface area contributed by atoms with Gasteiger partial charge in [-0.25, -0.2) is 0 Å². The molecule has 1 N–H and O–H groups in total. The van der Waals surface area contributed by atoms with Crippen LogP contribution in [0, 0.1) is 10.1 Å². The Balaban J connectivity index is 1.91. The highest BCUT2D eigenvalue weighted by molar-refractivity contribution is 6.15. The third-order valence-electron chi connectivity index (χ3n) is 4.62. The lowest BCUT2D eigenvalue weighted by Gasteiger charge is -2.18. The molecule has 1 heterocycles. The Kier molecular flexibility index (Phi) is 5.75. The Hall–Kier alpha value is -3.19. The number of nitrogens with zero attached hydrogens (tertiary/aromatic N) is 2. The van der Waals surface area contributed by atoms with Gasteiger partial charge >= 0.3 is 0 Å². The lowest BCUT2D eigenvalue weighted by atomic mass is 10.0. The maximum atomic E-state index is 12.7. The summed E-state index contributed by atoms with van der Waals surface area (Å²) in [6.07, 6.45) is 3.58. The molecule has 0 radical (unpaired) electrons. The van der Waals surface area contributed by atoms with Crippen LogP contribution in [0.25, 0.3) is 6.08 Å². The number of phenols is 1. The molecule has 0 saturated carbocycles. The van der Waals surface area contributed by atoms with E-state index in [4.69, 9.17) is 4.74 Å². The number of non-ortho nitro benzene ring substituents is 1. The van der Waals surface area contributed by atoms with Crippen LogP contribution in [0.5, 0.6) is 11.5 Å². The second-order valence-electron chi connectivity index (χ2n) is 6.82. The predicted molar refractivity (Wildman–Crippen MR) is 105 cm³/mol. The molecule has 0 fully saturated rings. The number of ketones is 1. The summed E-state index contributed by atoms with van der Waals surface area (Å²) in [4.78, 5) is 25.2. The first-order valence-corrected chi connectivity index (χ1v) is 9.12. The van der Waals surface area contributed by atoms with Gasteiger partial charge < -0.3 is 14.7 Å². The Morgan fingerprint density at radius 1 is 1.29 bits per heavy atom. The minimum Gasteiger partial charge on any atom is -0.507 e. The van der Waals surface area contributed by atoms with Crippen molar-refractivity contribution in [3.63, 3.8) is 0 Å². The number of benzene rings is 2. The summed E-state index contributed by atoms with van der Waals surface area (Å²) in [7, 11) is 1.95. The number of ether oxygens (including phenoxy) is 1. The lowest BCUT2D eigenvalue weighted by molar-refractivity contribution is -0.384. The van der Waals surface area contributed by atoms with Crippen molar-refractivity contribution in [2.24, 2.45) is 0 Å². The van der Waals surface area contributed by atoms with Gasteiger partial charge in [-0.15, -0.1) is 0 Å². The molecule has 0 atom stereocenters. The summed E-state index contributed by atoms with van der Waals surface area (Å²) in [5, 5.41) is 21.2. The molecule has 0 spiro atoms. The molecule has 2 aromatic rings. The first-order valence-electron chi connectivity index (χ1n) is 9.12. The first kappa shape index (κ1) is 19.6. The van der Waals surface area contributed by atoms with E-state index in [1.54, 1.807) is 12.1 Å². The summed E-state index contributed by atoms with van der Waals surface area (Å²) in [6, 6.07) is 9.02. The van der Waals surface area contributed by atoms with Crippen LogP contribution >= 0.6 is 0 Å². The van der Waals surface area contributed by atoms with Gasteiger partial charge in [-0.3, -0.25) is 14.9 Å². The van der Waals surface area contributed by atoms with Gasteiger partial charge in [0.1, 0.15) is 11.5 Å². The fourth-order valence-corrected chi connectivity index (χ4v) is 3.11. The van der Waals surface area contributed by atoms with Crippen molar-refractivity contribution in [3.8, 4) is 11.5 Å². The van der Waals surface area contributed by atoms with Gasteiger partial charge in [0.2, 0.25) is 5.78 Å². The fourth-order valence-electron chi connectivity index (χ4n) is 3.11. The van der Waals surface area contributed by atoms with Crippen molar-refractivity contribution in [1.29, 1.82) is 0 Å². The third kappa shape index (κ3) is 4.04. The van der Waals surface area contributed by atoms with Gasteiger partial charge in [-0.1, -0.05) is 25.5 Å². The van der Waals surface area contributed by atoms with Crippen molar-refractivity contribution in [3.05, 3.63) is 69.0 Å². The smallest absolute Gasteiger partial charge is 0.270 e. The number of carbonyl (C=O) groups excluding carboxylic acids is 1. The molecule has 0 unspecified atom stereocenters. The summed E-state index contributed by atoms with van der Waals surface area (Å²) in [5.74, 6) is 0.203. The number of nitro groups is 1. The van der Waals surface area contributed by atoms with Crippen LogP contribution in [0.3, 0.4) is 0 Å². The molecule has 0 aliphatic carbocycles. The van der Waals surface area contributed by atoms with E-state index in [2.05, 4.69) is 11.8 Å². The number of aromatic hydroxyl groups is 1. The van der Waals surface area contributed by atoms with E-state index in [0.29, 0.717) is 29.0 Å². The number of hydrogen-bond donors (Lipinski definition) is 1. The number of Topliss-reactive ketones (excluding diaryl/α,β-unsaturated/α-hetero) is 1. The number of rotatable bonds is 7. The van der Waals surface area contributed by atoms with Gasteiger partial charge in [0.15, 0.2) is 5.76 Å². The average Bonchev–Trinajstić information content (AvgIpc) is 2.98. The Morgan fingerprint density at radius 2 is 2.07 bits per heavy atom. The van der Waals surface area contributed by atoms with Crippen molar-refractivity contribution in [2.45, 2.75) is 26.3 Å². The van der Waals surface area contributed by atoms with Gasteiger partial charge in [0, 0.05) is 18.7 Å². The number of hydrogen-bond acceptors (Lipinski definition) is 6. The molecule has 146 valence electrons. The molecule has 3 rings (SSSR count). The molecule has 0 bridgehead atoms. The number of unbranched alkanes of at least 4 members (excludes halogenated alkanes) is 1. The van der Waals surface area contributed by atoms with Crippen LogP contribution in [0.15, 0.2) is 42.2 Å². The summed E-state index contributed by atoms with van der Waals surface area (Å²) in [5.41, 5.74) is 1.38. The SMILES string of the molecule is CCCCN(C)Cc1c(O)ccc2c1O/C(=C\c1cccc([N+](=O)[O-])c1)C2=O. The molecule has 7 nitrogen and oxygen atoms in total. The number of carbonyl (C=O) groups is 1. The fraction of sp³-hybridized carbons (Fsp3) is 0.286. The molecular formula is C21H22N2O5.